The number of aryl methyl sites for hydroxylation is 1. The van der Waals surface area contributed by atoms with Crippen LogP contribution in [0.2, 0.25) is 0 Å². The molecule has 0 aliphatic carbocycles. The molecular weight excluding hydrogens is 198 g/mol. The van der Waals surface area contributed by atoms with E-state index >= 15 is 0 Å². The molecular formula is C13H17N3. The Morgan fingerprint density at radius 1 is 1.12 bits per heavy atom. The van der Waals surface area contributed by atoms with E-state index in [1.807, 2.05) is 19.2 Å². The summed E-state index contributed by atoms with van der Waals surface area (Å²) >= 11 is 0. The number of hydrogen-bond acceptors (Lipinski definition) is 2. The van der Waals surface area contributed by atoms with E-state index in [1.54, 1.807) is 0 Å². The van der Waals surface area contributed by atoms with Gasteiger partial charge in [-0.3, -0.25) is 0 Å². The van der Waals surface area contributed by atoms with Crippen molar-refractivity contribution in [1.29, 1.82) is 0 Å². The molecule has 1 heterocycles. The second-order valence-corrected chi connectivity index (χ2v) is 4.41. The van der Waals surface area contributed by atoms with Crippen molar-refractivity contribution in [3.05, 3.63) is 35.7 Å². The van der Waals surface area contributed by atoms with Gasteiger partial charge in [0.05, 0.1) is 0 Å². The predicted molar refractivity (Wildman–Crippen MR) is 65.3 cm³/mol. The summed E-state index contributed by atoms with van der Waals surface area (Å²) in [5, 5.41) is 8.53. The first-order valence-corrected chi connectivity index (χ1v) is 5.56. The largest absolute Gasteiger partial charge is 0.314 e. The van der Waals surface area contributed by atoms with E-state index in [0.29, 0.717) is 5.92 Å². The molecule has 0 amide bonds. The maximum atomic E-state index is 4.28. The predicted octanol–water partition coefficient (Wildman–Crippen LogP) is 2.91. The Labute approximate surface area is 96.1 Å². The van der Waals surface area contributed by atoms with Gasteiger partial charge in [0.1, 0.15) is 5.82 Å². The molecule has 0 fully saturated rings. The van der Waals surface area contributed by atoms with Crippen LogP contribution in [0.1, 0.15) is 31.2 Å². The normalized spacial score (nSPS) is 11.1. The molecule has 1 aromatic heterocycles. The van der Waals surface area contributed by atoms with Gasteiger partial charge in [-0.1, -0.05) is 38.1 Å². The van der Waals surface area contributed by atoms with Crippen molar-refractivity contribution in [1.82, 2.24) is 14.8 Å². The van der Waals surface area contributed by atoms with E-state index in [9.17, 15) is 0 Å². The highest BCUT2D eigenvalue weighted by Gasteiger charge is 2.13. The molecule has 0 radical (unpaired) electrons. The molecule has 3 heteroatoms. The van der Waals surface area contributed by atoms with Gasteiger partial charge in [-0.15, -0.1) is 10.2 Å². The highest BCUT2D eigenvalue weighted by molar-refractivity contribution is 5.60. The minimum atomic E-state index is 0.398. The molecule has 0 aliphatic heterocycles. The third kappa shape index (κ3) is 1.73. The molecule has 84 valence electrons. The zero-order valence-corrected chi connectivity index (χ0v) is 10.2. The zero-order chi connectivity index (χ0) is 11.7. The van der Waals surface area contributed by atoms with Crippen LogP contribution in [0.3, 0.4) is 0 Å². The van der Waals surface area contributed by atoms with Gasteiger partial charge in [0.15, 0.2) is 5.82 Å². The van der Waals surface area contributed by atoms with E-state index in [1.165, 1.54) is 5.56 Å². The van der Waals surface area contributed by atoms with E-state index in [0.717, 1.165) is 17.2 Å². The van der Waals surface area contributed by atoms with Crippen molar-refractivity contribution < 1.29 is 0 Å². The fraction of sp³-hybridized carbons (Fsp3) is 0.385. The van der Waals surface area contributed by atoms with Crippen LogP contribution in [-0.4, -0.2) is 14.8 Å². The first-order valence-electron chi connectivity index (χ1n) is 5.56. The van der Waals surface area contributed by atoms with Crippen molar-refractivity contribution in [3.63, 3.8) is 0 Å². The van der Waals surface area contributed by atoms with Gasteiger partial charge in [-0.05, 0) is 12.5 Å². The smallest absolute Gasteiger partial charge is 0.163 e. The van der Waals surface area contributed by atoms with Crippen LogP contribution in [0.4, 0.5) is 0 Å². The van der Waals surface area contributed by atoms with Crippen molar-refractivity contribution in [2.45, 2.75) is 26.7 Å². The Bertz CT molecular complexity index is 498. The highest BCUT2D eigenvalue weighted by Crippen LogP contribution is 2.23. The third-order valence-corrected chi connectivity index (χ3v) is 2.81. The molecule has 16 heavy (non-hydrogen) atoms. The second-order valence-electron chi connectivity index (χ2n) is 4.41. The summed E-state index contributed by atoms with van der Waals surface area (Å²) in [7, 11) is 2.02. The molecule has 3 nitrogen and oxygen atoms in total. The minimum Gasteiger partial charge on any atom is -0.314 e. The van der Waals surface area contributed by atoms with E-state index in [4.69, 9.17) is 0 Å². The zero-order valence-electron chi connectivity index (χ0n) is 10.2. The van der Waals surface area contributed by atoms with Crippen LogP contribution in [0, 0.1) is 6.92 Å². The topological polar surface area (TPSA) is 30.7 Å². The molecule has 0 unspecified atom stereocenters. The Morgan fingerprint density at radius 2 is 1.81 bits per heavy atom. The molecule has 1 aromatic carbocycles. The van der Waals surface area contributed by atoms with E-state index in [2.05, 4.69) is 47.7 Å². The van der Waals surface area contributed by atoms with Gasteiger partial charge in [-0.2, -0.15) is 0 Å². The summed E-state index contributed by atoms with van der Waals surface area (Å²) in [6, 6.07) is 8.26. The molecule has 0 aliphatic rings. The Hall–Kier alpha value is -1.64. The maximum absolute atomic E-state index is 4.28. The van der Waals surface area contributed by atoms with Crippen LogP contribution >= 0.6 is 0 Å². The van der Waals surface area contributed by atoms with Crippen molar-refractivity contribution >= 4 is 0 Å². The van der Waals surface area contributed by atoms with Crippen LogP contribution in [0.5, 0.6) is 0 Å². The summed E-state index contributed by atoms with van der Waals surface area (Å²) in [5.41, 5.74) is 2.39. The van der Waals surface area contributed by atoms with Crippen LogP contribution in [0.15, 0.2) is 24.3 Å². The maximum Gasteiger partial charge on any atom is 0.163 e. The number of nitrogens with zero attached hydrogens (tertiary/aromatic N) is 3. The monoisotopic (exact) mass is 215 g/mol. The van der Waals surface area contributed by atoms with Crippen LogP contribution in [0.25, 0.3) is 11.4 Å². The molecule has 2 rings (SSSR count). The average molecular weight is 215 g/mol. The molecule has 0 saturated heterocycles. The van der Waals surface area contributed by atoms with Crippen molar-refractivity contribution in [2.24, 2.45) is 7.05 Å². The van der Waals surface area contributed by atoms with Gasteiger partial charge < -0.3 is 4.57 Å². The molecule has 0 atom stereocenters. The lowest BCUT2D eigenvalue weighted by molar-refractivity contribution is 0.711. The first-order chi connectivity index (χ1) is 7.61. The minimum absolute atomic E-state index is 0.398. The molecule has 0 spiro atoms. The number of aromatic nitrogens is 3. The Kier molecular flexibility index (Phi) is 2.77. The number of benzene rings is 1. The summed E-state index contributed by atoms with van der Waals surface area (Å²) in [4.78, 5) is 0. The molecule has 2 aromatic rings. The first kappa shape index (κ1) is 10.9. The lowest BCUT2D eigenvalue weighted by Gasteiger charge is -2.07. The van der Waals surface area contributed by atoms with Crippen LogP contribution in [-0.2, 0) is 7.05 Å². The quantitative estimate of drug-likeness (QED) is 0.771. The fourth-order valence-electron chi connectivity index (χ4n) is 1.90. The summed E-state index contributed by atoms with van der Waals surface area (Å²) in [6.07, 6.45) is 0. The lowest BCUT2D eigenvalue weighted by Crippen LogP contribution is -2.01. The summed E-state index contributed by atoms with van der Waals surface area (Å²) < 4.78 is 2.08. The van der Waals surface area contributed by atoms with Gasteiger partial charge in [0, 0.05) is 18.5 Å². The molecule has 0 N–H and O–H groups in total. The molecule has 0 bridgehead atoms. The van der Waals surface area contributed by atoms with E-state index < -0.39 is 0 Å². The average Bonchev–Trinajstić information content (AvgIpc) is 2.61. The van der Waals surface area contributed by atoms with Gasteiger partial charge in [0.25, 0.3) is 0 Å². The van der Waals surface area contributed by atoms with E-state index in [-0.39, 0.29) is 0 Å². The SMILES string of the molecule is Cc1ccccc1-c1nnc(C(C)C)n1C. The van der Waals surface area contributed by atoms with Crippen molar-refractivity contribution in [3.8, 4) is 11.4 Å². The second kappa shape index (κ2) is 4.08. The fourth-order valence-corrected chi connectivity index (χ4v) is 1.90. The third-order valence-electron chi connectivity index (χ3n) is 2.81. The highest BCUT2D eigenvalue weighted by atomic mass is 15.3. The van der Waals surface area contributed by atoms with Crippen LogP contribution < -0.4 is 0 Å². The lowest BCUT2D eigenvalue weighted by atomic mass is 10.1. The number of hydrogen-bond donors (Lipinski definition) is 0. The number of rotatable bonds is 2. The van der Waals surface area contributed by atoms with Gasteiger partial charge >= 0.3 is 0 Å². The molecule has 0 saturated carbocycles. The summed E-state index contributed by atoms with van der Waals surface area (Å²) in [5.74, 6) is 2.37. The van der Waals surface area contributed by atoms with Gasteiger partial charge in [-0.25, -0.2) is 0 Å². The summed E-state index contributed by atoms with van der Waals surface area (Å²) in [6.45, 7) is 6.36. The van der Waals surface area contributed by atoms with Crippen molar-refractivity contribution in [2.75, 3.05) is 0 Å². The standard InChI is InChI=1S/C13H17N3/c1-9(2)12-14-15-13(16(12)4)11-8-6-5-7-10(11)3/h5-9H,1-4H3. The Morgan fingerprint density at radius 3 is 2.38 bits per heavy atom. The Balaban J connectivity index is 2.54. The van der Waals surface area contributed by atoms with Gasteiger partial charge in [0.2, 0.25) is 0 Å².